The van der Waals surface area contributed by atoms with E-state index < -0.39 is 11.6 Å². The molecule has 160 valence electrons. The first kappa shape index (κ1) is 20.5. The lowest BCUT2D eigenvalue weighted by atomic mass is 10.2. The van der Waals surface area contributed by atoms with Crippen molar-refractivity contribution in [2.75, 3.05) is 5.32 Å². The van der Waals surface area contributed by atoms with Crippen molar-refractivity contribution in [2.24, 2.45) is 7.05 Å². The first-order valence-corrected chi connectivity index (χ1v) is 9.62. The summed E-state index contributed by atoms with van der Waals surface area (Å²) in [4.78, 5) is 17.5. The van der Waals surface area contributed by atoms with Crippen LogP contribution in [0.15, 0.2) is 36.5 Å². The van der Waals surface area contributed by atoms with Crippen LogP contribution in [-0.2, 0) is 13.7 Å². The minimum atomic E-state index is -0.686. The van der Waals surface area contributed by atoms with Crippen molar-refractivity contribution in [3.8, 4) is 5.75 Å². The summed E-state index contributed by atoms with van der Waals surface area (Å²) in [6.45, 7) is 5.09. The van der Waals surface area contributed by atoms with E-state index in [1.807, 2.05) is 13.8 Å². The van der Waals surface area contributed by atoms with Crippen LogP contribution < -0.4 is 10.1 Å². The zero-order valence-corrected chi connectivity index (χ0v) is 17.5. The van der Waals surface area contributed by atoms with Gasteiger partial charge in [-0.1, -0.05) is 6.07 Å². The van der Waals surface area contributed by atoms with Gasteiger partial charge in [0.2, 0.25) is 0 Å². The molecule has 0 saturated heterocycles. The molecule has 0 aliphatic heterocycles. The monoisotopic (exact) mass is 425 g/mol. The SMILES string of the molecule is Cc1nn(C)c(C)c1NC(=O)c1c(C)nc2c(OCc3c(F)cccc3F)cccn12. The van der Waals surface area contributed by atoms with Gasteiger partial charge >= 0.3 is 0 Å². The number of hydrogen-bond acceptors (Lipinski definition) is 4. The summed E-state index contributed by atoms with van der Waals surface area (Å²) in [5, 5.41) is 7.21. The topological polar surface area (TPSA) is 73.5 Å². The molecule has 1 N–H and O–H groups in total. The Labute approximate surface area is 177 Å². The number of fused-ring (bicyclic) bond motifs is 1. The molecule has 0 radical (unpaired) electrons. The summed E-state index contributed by atoms with van der Waals surface area (Å²) < 4.78 is 36.8. The van der Waals surface area contributed by atoms with Gasteiger partial charge in [-0.15, -0.1) is 0 Å². The second-order valence-corrected chi connectivity index (χ2v) is 7.22. The van der Waals surface area contributed by atoms with E-state index in [1.165, 1.54) is 18.2 Å². The van der Waals surface area contributed by atoms with Crippen molar-refractivity contribution < 1.29 is 18.3 Å². The van der Waals surface area contributed by atoms with E-state index in [0.717, 1.165) is 5.69 Å². The number of benzene rings is 1. The van der Waals surface area contributed by atoms with Crippen LogP contribution in [0.1, 0.15) is 33.1 Å². The van der Waals surface area contributed by atoms with Crippen LogP contribution in [0, 0.1) is 32.4 Å². The fourth-order valence-electron chi connectivity index (χ4n) is 3.49. The Balaban J connectivity index is 1.66. The number of aryl methyl sites for hydroxylation is 3. The number of halogens is 2. The lowest BCUT2D eigenvalue weighted by molar-refractivity contribution is 0.102. The number of hydrogen-bond donors (Lipinski definition) is 1. The van der Waals surface area contributed by atoms with Crippen LogP contribution in [-0.4, -0.2) is 25.1 Å². The van der Waals surface area contributed by atoms with E-state index in [0.29, 0.717) is 34.2 Å². The van der Waals surface area contributed by atoms with Crippen molar-refractivity contribution in [1.29, 1.82) is 0 Å². The molecule has 0 bridgehead atoms. The molecule has 7 nitrogen and oxygen atoms in total. The molecule has 9 heteroatoms. The van der Waals surface area contributed by atoms with Crippen LogP contribution in [0.5, 0.6) is 5.75 Å². The van der Waals surface area contributed by atoms with Crippen molar-refractivity contribution in [3.05, 3.63) is 76.5 Å². The minimum Gasteiger partial charge on any atom is -0.485 e. The van der Waals surface area contributed by atoms with Gasteiger partial charge in [-0.2, -0.15) is 5.10 Å². The number of carbonyl (C=O) groups excluding carboxylic acids is 1. The largest absolute Gasteiger partial charge is 0.485 e. The second-order valence-electron chi connectivity index (χ2n) is 7.22. The van der Waals surface area contributed by atoms with Crippen molar-refractivity contribution >= 4 is 17.2 Å². The summed E-state index contributed by atoms with van der Waals surface area (Å²) in [5.74, 6) is -1.41. The lowest BCUT2D eigenvalue weighted by Gasteiger charge is -2.10. The standard InChI is InChI=1S/C22H21F2N5O2/c1-12-19(14(3)28(4)27-12)26-22(30)20-13(2)25-21-18(9-6-10-29(20)21)31-11-15-16(23)7-5-8-17(15)24/h5-10H,11H2,1-4H3,(H,26,30). The molecular weight excluding hydrogens is 404 g/mol. The highest BCUT2D eigenvalue weighted by Gasteiger charge is 2.21. The molecule has 3 heterocycles. The van der Waals surface area contributed by atoms with Gasteiger partial charge in [0.1, 0.15) is 23.9 Å². The van der Waals surface area contributed by atoms with E-state index in [4.69, 9.17) is 4.74 Å². The van der Waals surface area contributed by atoms with Crippen LogP contribution >= 0.6 is 0 Å². The zero-order chi connectivity index (χ0) is 22.3. The number of ether oxygens (including phenoxy) is 1. The minimum absolute atomic E-state index is 0.173. The van der Waals surface area contributed by atoms with Gasteiger partial charge in [0.05, 0.1) is 28.3 Å². The smallest absolute Gasteiger partial charge is 0.274 e. The molecule has 0 aliphatic carbocycles. The van der Waals surface area contributed by atoms with E-state index in [1.54, 1.807) is 41.4 Å². The first-order chi connectivity index (χ1) is 14.8. The molecule has 0 aliphatic rings. The van der Waals surface area contributed by atoms with Crippen LogP contribution in [0.2, 0.25) is 0 Å². The molecular formula is C22H21F2N5O2. The van der Waals surface area contributed by atoms with Gasteiger partial charge in [0.25, 0.3) is 5.91 Å². The molecule has 0 fully saturated rings. The molecule has 1 aromatic carbocycles. The molecule has 4 rings (SSSR count). The summed E-state index contributed by atoms with van der Waals surface area (Å²) in [7, 11) is 1.81. The lowest BCUT2D eigenvalue weighted by Crippen LogP contribution is -2.16. The second kappa shape index (κ2) is 7.82. The predicted octanol–water partition coefficient (Wildman–Crippen LogP) is 4.10. The number of carbonyl (C=O) groups is 1. The number of nitrogens with one attached hydrogen (secondary N) is 1. The molecule has 0 spiro atoms. The highest BCUT2D eigenvalue weighted by atomic mass is 19.1. The summed E-state index contributed by atoms with van der Waals surface area (Å²) in [6, 6.07) is 6.96. The van der Waals surface area contributed by atoms with E-state index in [9.17, 15) is 13.6 Å². The summed E-state index contributed by atoms with van der Waals surface area (Å²) in [5.41, 5.74) is 3.20. The maximum atomic E-state index is 13.9. The van der Waals surface area contributed by atoms with Gasteiger partial charge in [0, 0.05) is 13.2 Å². The molecule has 4 aromatic rings. The Hall–Kier alpha value is -3.75. The number of imidazole rings is 1. The number of amides is 1. The average Bonchev–Trinajstić information content (AvgIpc) is 3.18. The van der Waals surface area contributed by atoms with Gasteiger partial charge < -0.3 is 10.1 Å². The van der Waals surface area contributed by atoms with Crippen molar-refractivity contribution in [1.82, 2.24) is 19.2 Å². The number of rotatable bonds is 5. The summed E-state index contributed by atoms with van der Waals surface area (Å²) >= 11 is 0. The third-order valence-electron chi connectivity index (χ3n) is 5.18. The molecule has 1 amide bonds. The Morgan fingerprint density at radius 1 is 1.10 bits per heavy atom. The maximum Gasteiger partial charge on any atom is 0.274 e. The maximum absolute atomic E-state index is 13.9. The molecule has 0 atom stereocenters. The summed E-state index contributed by atoms with van der Waals surface area (Å²) in [6.07, 6.45) is 1.68. The number of nitrogens with zero attached hydrogens (tertiary/aromatic N) is 4. The van der Waals surface area contributed by atoms with Crippen LogP contribution in [0.25, 0.3) is 5.65 Å². The Bertz CT molecular complexity index is 1290. The van der Waals surface area contributed by atoms with Gasteiger partial charge in [-0.25, -0.2) is 13.8 Å². The predicted molar refractivity (Wildman–Crippen MR) is 111 cm³/mol. The van der Waals surface area contributed by atoms with Gasteiger partial charge in [0.15, 0.2) is 11.4 Å². The third-order valence-corrected chi connectivity index (χ3v) is 5.18. The third kappa shape index (κ3) is 3.63. The van der Waals surface area contributed by atoms with E-state index >= 15 is 0 Å². The zero-order valence-electron chi connectivity index (χ0n) is 17.5. The quantitative estimate of drug-likeness (QED) is 0.523. The Morgan fingerprint density at radius 3 is 2.45 bits per heavy atom. The average molecular weight is 425 g/mol. The first-order valence-electron chi connectivity index (χ1n) is 9.62. The molecule has 0 saturated carbocycles. The van der Waals surface area contributed by atoms with Crippen molar-refractivity contribution in [3.63, 3.8) is 0 Å². The highest BCUT2D eigenvalue weighted by molar-refractivity contribution is 6.05. The van der Waals surface area contributed by atoms with Crippen molar-refractivity contribution in [2.45, 2.75) is 27.4 Å². The Kier molecular flexibility index (Phi) is 5.18. The normalized spacial score (nSPS) is 11.2. The van der Waals surface area contributed by atoms with E-state index in [-0.39, 0.29) is 18.1 Å². The fraction of sp³-hybridized carbons (Fsp3) is 0.227. The number of aromatic nitrogens is 4. The van der Waals surface area contributed by atoms with Crippen LogP contribution in [0.3, 0.4) is 0 Å². The number of anilines is 1. The van der Waals surface area contributed by atoms with Gasteiger partial charge in [-0.05, 0) is 45.0 Å². The van der Waals surface area contributed by atoms with E-state index in [2.05, 4.69) is 15.4 Å². The van der Waals surface area contributed by atoms with Gasteiger partial charge in [-0.3, -0.25) is 13.9 Å². The molecule has 0 unspecified atom stereocenters. The molecule has 31 heavy (non-hydrogen) atoms. The Morgan fingerprint density at radius 2 is 1.81 bits per heavy atom. The highest BCUT2D eigenvalue weighted by Crippen LogP contribution is 2.26. The van der Waals surface area contributed by atoms with Crippen LogP contribution in [0.4, 0.5) is 14.5 Å². The number of pyridine rings is 1. The molecule has 3 aromatic heterocycles. The fourth-order valence-corrected chi connectivity index (χ4v) is 3.49.